The molecule has 0 aliphatic carbocycles. The van der Waals surface area contributed by atoms with E-state index in [0.717, 1.165) is 0 Å². The quantitative estimate of drug-likeness (QED) is 0.618. The summed E-state index contributed by atoms with van der Waals surface area (Å²) in [6, 6.07) is 13.5. The van der Waals surface area contributed by atoms with Crippen molar-refractivity contribution in [3.63, 3.8) is 0 Å². The van der Waals surface area contributed by atoms with Crippen molar-refractivity contribution < 1.29 is 19.1 Å². The van der Waals surface area contributed by atoms with Crippen molar-refractivity contribution in [1.82, 2.24) is 0 Å². The van der Waals surface area contributed by atoms with Crippen LogP contribution in [0.25, 0.3) is 0 Å². The van der Waals surface area contributed by atoms with Crippen LogP contribution >= 0.6 is 11.6 Å². The zero-order chi connectivity index (χ0) is 17.1. The van der Waals surface area contributed by atoms with E-state index in [9.17, 15) is 14.4 Å². The molecule has 6 heteroatoms. The van der Waals surface area contributed by atoms with Gasteiger partial charge in [0.2, 0.25) is 0 Å². The van der Waals surface area contributed by atoms with E-state index in [4.69, 9.17) is 16.3 Å². The summed E-state index contributed by atoms with van der Waals surface area (Å²) in [5.41, 5.74) is 1.30. The van der Waals surface area contributed by atoms with Crippen LogP contribution in [-0.2, 0) is 4.79 Å². The molecule has 0 bridgehead atoms. The van der Waals surface area contributed by atoms with E-state index in [-0.39, 0.29) is 36.5 Å². The first-order valence-corrected chi connectivity index (χ1v) is 7.88. The van der Waals surface area contributed by atoms with Gasteiger partial charge in [0.05, 0.1) is 18.1 Å². The Labute approximate surface area is 143 Å². The average molecular weight is 344 g/mol. The van der Waals surface area contributed by atoms with E-state index in [0.29, 0.717) is 22.6 Å². The molecule has 5 nitrogen and oxygen atoms in total. The molecule has 24 heavy (non-hydrogen) atoms. The second-order valence-electron chi connectivity index (χ2n) is 5.30. The number of hydrogen-bond acceptors (Lipinski definition) is 4. The van der Waals surface area contributed by atoms with Crippen LogP contribution in [0.1, 0.15) is 20.7 Å². The van der Waals surface area contributed by atoms with Gasteiger partial charge in [-0.15, -0.1) is 11.6 Å². The summed E-state index contributed by atoms with van der Waals surface area (Å²) < 4.78 is 5.37. The summed E-state index contributed by atoms with van der Waals surface area (Å²) in [7, 11) is 0. The average Bonchev–Trinajstić information content (AvgIpc) is 2.63. The minimum absolute atomic E-state index is 0.113. The molecule has 0 fully saturated rings. The maximum absolute atomic E-state index is 12.4. The van der Waals surface area contributed by atoms with Gasteiger partial charge >= 0.3 is 0 Å². The molecule has 0 aromatic heterocycles. The van der Waals surface area contributed by atoms with Crippen LogP contribution < -0.4 is 9.64 Å². The van der Waals surface area contributed by atoms with Gasteiger partial charge in [-0.2, -0.15) is 0 Å². The molecule has 0 atom stereocenters. The SMILES string of the molecule is O=C(CCl)c1ccc2c(c1)N(CC(=O)c1ccccc1)C(=O)CO2. The van der Waals surface area contributed by atoms with Gasteiger partial charge in [-0.1, -0.05) is 30.3 Å². The molecule has 0 unspecified atom stereocenters. The number of anilines is 1. The molecule has 1 amide bonds. The third-order valence-electron chi connectivity index (χ3n) is 3.74. The van der Waals surface area contributed by atoms with Crippen molar-refractivity contribution in [1.29, 1.82) is 0 Å². The van der Waals surface area contributed by atoms with Crippen molar-refractivity contribution in [3.05, 3.63) is 59.7 Å². The van der Waals surface area contributed by atoms with Gasteiger partial charge in [0.25, 0.3) is 5.91 Å². The number of alkyl halides is 1. The molecular formula is C18H14ClNO4. The van der Waals surface area contributed by atoms with Crippen molar-refractivity contribution in [2.75, 3.05) is 23.9 Å². The predicted molar refractivity (Wildman–Crippen MR) is 90.1 cm³/mol. The number of Topliss-reactive ketones (excluding diaryl/α,β-unsaturated/α-hetero) is 2. The monoisotopic (exact) mass is 343 g/mol. The first kappa shape index (κ1) is 16.2. The van der Waals surface area contributed by atoms with Crippen molar-refractivity contribution in [2.45, 2.75) is 0 Å². The number of hydrogen-bond donors (Lipinski definition) is 0. The Morgan fingerprint density at radius 1 is 1.04 bits per heavy atom. The number of halogens is 1. The lowest BCUT2D eigenvalue weighted by Gasteiger charge is -2.29. The fraction of sp³-hybridized carbons (Fsp3) is 0.167. The van der Waals surface area contributed by atoms with Crippen LogP contribution in [0.15, 0.2) is 48.5 Å². The minimum atomic E-state index is -0.331. The van der Waals surface area contributed by atoms with Crippen LogP contribution in [0.5, 0.6) is 5.75 Å². The number of fused-ring (bicyclic) bond motifs is 1. The molecule has 0 N–H and O–H groups in total. The predicted octanol–water partition coefficient (Wildman–Crippen LogP) is 2.72. The first-order valence-electron chi connectivity index (χ1n) is 7.35. The highest BCUT2D eigenvalue weighted by Gasteiger charge is 2.28. The lowest BCUT2D eigenvalue weighted by molar-refractivity contribution is -0.121. The summed E-state index contributed by atoms with van der Waals surface area (Å²) >= 11 is 5.58. The van der Waals surface area contributed by atoms with Crippen LogP contribution in [0.2, 0.25) is 0 Å². The lowest BCUT2D eigenvalue weighted by Crippen LogP contribution is -2.42. The number of ketones is 2. The van der Waals surface area contributed by atoms with Gasteiger partial charge in [0, 0.05) is 11.1 Å². The maximum Gasteiger partial charge on any atom is 0.265 e. The van der Waals surface area contributed by atoms with Crippen LogP contribution in [0, 0.1) is 0 Å². The summed E-state index contributed by atoms with van der Waals surface area (Å²) in [6.45, 7) is -0.254. The van der Waals surface area contributed by atoms with Crippen molar-refractivity contribution in [3.8, 4) is 5.75 Å². The molecule has 122 valence electrons. The van der Waals surface area contributed by atoms with Gasteiger partial charge in [-0.3, -0.25) is 19.3 Å². The number of ether oxygens (including phenoxy) is 1. The van der Waals surface area contributed by atoms with E-state index in [1.807, 2.05) is 6.07 Å². The molecule has 1 aliphatic heterocycles. The largest absolute Gasteiger partial charge is 0.482 e. The van der Waals surface area contributed by atoms with Crippen LogP contribution in [0.4, 0.5) is 5.69 Å². The summed E-state index contributed by atoms with van der Waals surface area (Å²) in [5, 5.41) is 0. The number of benzene rings is 2. The van der Waals surface area contributed by atoms with Gasteiger partial charge in [-0.05, 0) is 18.2 Å². The summed E-state index contributed by atoms with van der Waals surface area (Å²) in [5.74, 6) is -0.474. The number of nitrogens with zero attached hydrogens (tertiary/aromatic N) is 1. The highest BCUT2D eigenvalue weighted by atomic mass is 35.5. The molecule has 2 aromatic carbocycles. The van der Waals surface area contributed by atoms with Crippen molar-refractivity contribution in [2.24, 2.45) is 0 Å². The Balaban J connectivity index is 1.93. The van der Waals surface area contributed by atoms with Gasteiger partial charge in [0.1, 0.15) is 5.75 Å². The molecule has 0 spiro atoms. The zero-order valence-corrected chi connectivity index (χ0v) is 13.5. The van der Waals surface area contributed by atoms with E-state index < -0.39 is 0 Å². The third-order valence-corrected chi connectivity index (χ3v) is 3.99. The molecule has 0 radical (unpaired) electrons. The minimum Gasteiger partial charge on any atom is -0.482 e. The molecule has 2 aromatic rings. The topological polar surface area (TPSA) is 63.7 Å². The molecule has 0 saturated heterocycles. The Kier molecular flexibility index (Phi) is 4.62. The molecule has 3 rings (SSSR count). The second kappa shape index (κ2) is 6.84. The number of amides is 1. The fourth-order valence-electron chi connectivity index (χ4n) is 2.49. The normalized spacial score (nSPS) is 13.2. The fourth-order valence-corrected chi connectivity index (χ4v) is 2.64. The van der Waals surface area contributed by atoms with Gasteiger partial charge < -0.3 is 4.74 Å². The Morgan fingerprint density at radius 3 is 2.50 bits per heavy atom. The first-order chi connectivity index (χ1) is 11.6. The van der Waals surface area contributed by atoms with Crippen LogP contribution in [-0.4, -0.2) is 36.5 Å². The number of carbonyl (C=O) groups excluding carboxylic acids is 3. The number of rotatable bonds is 5. The number of carbonyl (C=O) groups is 3. The summed E-state index contributed by atoms with van der Waals surface area (Å²) in [4.78, 5) is 37.8. The van der Waals surface area contributed by atoms with E-state index in [1.165, 1.54) is 11.0 Å². The smallest absolute Gasteiger partial charge is 0.265 e. The van der Waals surface area contributed by atoms with Crippen LogP contribution in [0.3, 0.4) is 0 Å². The molecular weight excluding hydrogens is 330 g/mol. The second-order valence-corrected chi connectivity index (χ2v) is 5.56. The molecule has 1 heterocycles. The summed E-state index contributed by atoms with van der Waals surface area (Å²) in [6.07, 6.45) is 0. The van der Waals surface area contributed by atoms with Gasteiger partial charge in [-0.25, -0.2) is 0 Å². The maximum atomic E-state index is 12.4. The zero-order valence-electron chi connectivity index (χ0n) is 12.7. The Hall–Kier alpha value is -2.66. The Bertz CT molecular complexity index is 804. The lowest BCUT2D eigenvalue weighted by atomic mass is 10.1. The van der Waals surface area contributed by atoms with E-state index in [2.05, 4.69) is 0 Å². The highest BCUT2D eigenvalue weighted by molar-refractivity contribution is 6.30. The van der Waals surface area contributed by atoms with E-state index >= 15 is 0 Å². The Morgan fingerprint density at radius 2 is 1.79 bits per heavy atom. The standard InChI is InChI=1S/C18H14ClNO4/c19-9-15(21)13-6-7-17-14(8-13)20(18(23)11-24-17)10-16(22)12-4-2-1-3-5-12/h1-8H,9-11H2. The molecule has 0 saturated carbocycles. The van der Waals surface area contributed by atoms with Crippen molar-refractivity contribution >= 4 is 34.8 Å². The highest BCUT2D eigenvalue weighted by Crippen LogP contribution is 2.33. The molecule has 1 aliphatic rings. The third kappa shape index (κ3) is 3.16. The van der Waals surface area contributed by atoms with Gasteiger partial charge in [0.15, 0.2) is 18.2 Å². The van der Waals surface area contributed by atoms with E-state index in [1.54, 1.807) is 36.4 Å².